The zero-order valence-corrected chi connectivity index (χ0v) is 18.2. The second-order valence-electron chi connectivity index (χ2n) is 7.35. The highest BCUT2D eigenvalue weighted by Crippen LogP contribution is 2.27. The second-order valence-corrected chi connectivity index (χ2v) is 8.84. The van der Waals surface area contributed by atoms with Gasteiger partial charge < -0.3 is 9.84 Å². The average molecular weight is 449 g/mol. The van der Waals surface area contributed by atoms with Gasteiger partial charge in [-0.15, -0.1) is 11.8 Å². The van der Waals surface area contributed by atoms with Crippen molar-refractivity contribution >= 4 is 23.4 Å². The summed E-state index contributed by atoms with van der Waals surface area (Å²) in [5, 5.41) is 10.5. The van der Waals surface area contributed by atoms with Crippen LogP contribution in [0.25, 0.3) is 5.69 Å². The molecule has 0 bridgehead atoms. The lowest BCUT2D eigenvalue weighted by molar-refractivity contribution is 0.0285. The fraction of sp³-hybridized carbons (Fsp3) is 0.273. The summed E-state index contributed by atoms with van der Waals surface area (Å²) in [5.41, 5.74) is 0.201. The molecule has 0 aliphatic carbocycles. The van der Waals surface area contributed by atoms with Crippen LogP contribution < -0.4 is 10.3 Å². The maximum Gasteiger partial charge on any atom is 0.287 e. The number of nitrogens with zero attached hydrogens (tertiary/aromatic N) is 2. The number of aromatic nitrogens is 2. The van der Waals surface area contributed by atoms with Gasteiger partial charge in [-0.05, 0) is 56.2 Å². The van der Waals surface area contributed by atoms with Crippen molar-refractivity contribution in [1.82, 2.24) is 9.55 Å². The van der Waals surface area contributed by atoms with Crippen LogP contribution in [0, 0.1) is 5.82 Å². The largest absolute Gasteiger partial charge is 0.489 e. The van der Waals surface area contributed by atoms with Crippen molar-refractivity contribution in [3.63, 3.8) is 0 Å². The Balaban J connectivity index is 1.72. The van der Waals surface area contributed by atoms with Gasteiger partial charge >= 0.3 is 0 Å². The number of benzene rings is 2. The van der Waals surface area contributed by atoms with Crippen molar-refractivity contribution in [2.75, 3.05) is 12.4 Å². The first kappa shape index (κ1) is 22.3. The molecule has 1 heterocycles. The molecule has 0 saturated heterocycles. The Morgan fingerprint density at radius 2 is 2.07 bits per heavy atom. The molecule has 5 nitrogen and oxygen atoms in total. The van der Waals surface area contributed by atoms with E-state index in [4.69, 9.17) is 16.3 Å². The molecule has 2 aromatic carbocycles. The number of aliphatic hydroxyl groups is 1. The summed E-state index contributed by atoms with van der Waals surface area (Å²) in [6.07, 6.45) is 3.75. The summed E-state index contributed by atoms with van der Waals surface area (Å²) in [6.45, 7) is 3.37. The van der Waals surface area contributed by atoms with Crippen LogP contribution in [0.4, 0.5) is 4.39 Å². The molecule has 1 N–H and O–H groups in total. The van der Waals surface area contributed by atoms with Gasteiger partial charge in [0.1, 0.15) is 18.2 Å². The molecular weight excluding hydrogens is 427 g/mol. The van der Waals surface area contributed by atoms with E-state index in [0.29, 0.717) is 33.7 Å². The Kier molecular flexibility index (Phi) is 7.18. The molecule has 0 radical (unpaired) electrons. The van der Waals surface area contributed by atoms with Gasteiger partial charge in [-0.1, -0.05) is 23.7 Å². The smallest absolute Gasteiger partial charge is 0.287 e. The Bertz CT molecular complexity index is 1080. The van der Waals surface area contributed by atoms with Crippen molar-refractivity contribution in [2.45, 2.75) is 30.9 Å². The summed E-state index contributed by atoms with van der Waals surface area (Å²) < 4.78 is 20.3. The van der Waals surface area contributed by atoms with Crippen molar-refractivity contribution < 1.29 is 14.2 Å². The van der Waals surface area contributed by atoms with E-state index in [1.807, 2.05) is 6.07 Å². The Labute approximate surface area is 183 Å². The van der Waals surface area contributed by atoms with Crippen LogP contribution in [0.15, 0.2) is 64.7 Å². The monoisotopic (exact) mass is 448 g/mol. The van der Waals surface area contributed by atoms with Gasteiger partial charge in [-0.3, -0.25) is 9.36 Å². The van der Waals surface area contributed by atoms with Gasteiger partial charge in [0.15, 0.2) is 5.03 Å². The summed E-state index contributed by atoms with van der Waals surface area (Å²) in [4.78, 5) is 17.0. The van der Waals surface area contributed by atoms with E-state index >= 15 is 0 Å². The molecular formula is C22H22ClFN2O3S. The lowest BCUT2D eigenvalue weighted by Gasteiger charge is -2.18. The third kappa shape index (κ3) is 6.08. The highest BCUT2D eigenvalue weighted by molar-refractivity contribution is 7.99. The van der Waals surface area contributed by atoms with E-state index in [1.165, 1.54) is 28.5 Å². The minimum absolute atomic E-state index is 0.0906. The minimum atomic E-state index is -0.984. The van der Waals surface area contributed by atoms with Crippen LogP contribution >= 0.6 is 23.4 Å². The standard InChI is InChI=1S/C22H22ClFN2O3S/c1-22(2,28)14-29-19-7-6-17(13-18(19)23)26-10-9-25-20(21(26)27)30-11-8-15-4-3-5-16(24)12-15/h3-7,9-10,12-13,28H,8,11,14H2,1-2H3. The lowest BCUT2D eigenvalue weighted by atomic mass is 10.2. The second kappa shape index (κ2) is 9.64. The van der Waals surface area contributed by atoms with E-state index in [0.717, 1.165) is 5.56 Å². The molecule has 0 atom stereocenters. The third-order valence-electron chi connectivity index (χ3n) is 4.10. The van der Waals surface area contributed by atoms with Crippen molar-refractivity contribution in [2.24, 2.45) is 0 Å². The SMILES string of the molecule is CC(C)(O)COc1ccc(-n2ccnc(SCCc3cccc(F)c3)c2=O)cc1Cl. The number of halogens is 2. The molecule has 8 heteroatoms. The number of hydrogen-bond donors (Lipinski definition) is 1. The molecule has 0 fully saturated rings. The molecule has 0 aliphatic heterocycles. The van der Waals surface area contributed by atoms with Crippen LogP contribution in [0.5, 0.6) is 5.75 Å². The Hall–Kier alpha value is -2.35. The van der Waals surface area contributed by atoms with E-state index in [9.17, 15) is 14.3 Å². The summed E-state index contributed by atoms with van der Waals surface area (Å²) in [7, 11) is 0. The van der Waals surface area contributed by atoms with Crippen molar-refractivity contribution in [3.8, 4) is 11.4 Å². The fourth-order valence-electron chi connectivity index (χ4n) is 2.67. The predicted molar refractivity (Wildman–Crippen MR) is 117 cm³/mol. The number of aryl methyl sites for hydroxylation is 1. The molecule has 3 aromatic rings. The number of thioether (sulfide) groups is 1. The lowest BCUT2D eigenvalue weighted by Crippen LogP contribution is -2.28. The van der Waals surface area contributed by atoms with Gasteiger partial charge in [0, 0.05) is 18.1 Å². The minimum Gasteiger partial charge on any atom is -0.489 e. The van der Waals surface area contributed by atoms with Gasteiger partial charge in [0.25, 0.3) is 5.56 Å². The topological polar surface area (TPSA) is 64.3 Å². The summed E-state index contributed by atoms with van der Waals surface area (Å²) >= 11 is 7.61. The normalized spacial score (nSPS) is 11.5. The van der Waals surface area contributed by atoms with Gasteiger partial charge in [-0.25, -0.2) is 9.37 Å². The van der Waals surface area contributed by atoms with Gasteiger partial charge in [0.2, 0.25) is 0 Å². The Morgan fingerprint density at radius 3 is 2.77 bits per heavy atom. The van der Waals surface area contributed by atoms with Crippen molar-refractivity contribution in [3.05, 3.63) is 81.6 Å². The molecule has 0 unspecified atom stereocenters. The summed E-state index contributed by atoms with van der Waals surface area (Å²) in [6, 6.07) is 11.4. The maximum atomic E-state index is 13.3. The quantitative estimate of drug-likeness (QED) is 0.514. The number of ether oxygens (including phenoxy) is 1. The Morgan fingerprint density at radius 1 is 1.27 bits per heavy atom. The van der Waals surface area contributed by atoms with E-state index < -0.39 is 5.60 Å². The first-order valence-corrected chi connectivity index (χ1v) is 10.7. The molecule has 0 spiro atoms. The number of rotatable bonds is 8. The van der Waals surface area contributed by atoms with E-state index in [2.05, 4.69) is 4.98 Å². The molecule has 158 valence electrons. The van der Waals surface area contributed by atoms with Crippen LogP contribution in [0.3, 0.4) is 0 Å². The molecule has 0 amide bonds. The summed E-state index contributed by atoms with van der Waals surface area (Å²) in [5.74, 6) is 0.749. The van der Waals surface area contributed by atoms with Crippen molar-refractivity contribution in [1.29, 1.82) is 0 Å². The van der Waals surface area contributed by atoms with Crippen LogP contribution in [-0.2, 0) is 6.42 Å². The highest BCUT2D eigenvalue weighted by atomic mass is 35.5. The molecule has 30 heavy (non-hydrogen) atoms. The van der Waals surface area contributed by atoms with Crippen LogP contribution in [-0.4, -0.2) is 32.6 Å². The fourth-order valence-corrected chi connectivity index (χ4v) is 3.78. The maximum absolute atomic E-state index is 13.3. The third-order valence-corrected chi connectivity index (χ3v) is 5.36. The number of hydrogen-bond acceptors (Lipinski definition) is 5. The van der Waals surface area contributed by atoms with Gasteiger partial charge in [0.05, 0.1) is 16.3 Å². The van der Waals surface area contributed by atoms with Gasteiger partial charge in [-0.2, -0.15) is 0 Å². The van der Waals surface area contributed by atoms with Crippen LogP contribution in [0.1, 0.15) is 19.4 Å². The predicted octanol–water partition coefficient (Wildman–Crippen LogP) is 4.51. The average Bonchev–Trinajstić information content (AvgIpc) is 2.68. The highest BCUT2D eigenvalue weighted by Gasteiger charge is 2.15. The first-order valence-electron chi connectivity index (χ1n) is 9.33. The molecule has 0 saturated carbocycles. The molecule has 3 rings (SSSR count). The van der Waals surface area contributed by atoms with E-state index in [-0.39, 0.29) is 18.0 Å². The van der Waals surface area contributed by atoms with E-state index in [1.54, 1.807) is 50.5 Å². The zero-order valence-electron chi connectivity index (χ0n) is 16.6. The first-order chi connectivity index (χ1) is 14.2. The zero-order chi connectivity index (χ0) is 21.7. The molecule has 1 aromatic heterocycles. The van der Waals surface area contributed by atoms with Crippen LogP contribution in [0.2, 0.25) is 5.02 Å². The molecule has 0 aliphatic rings.